The Morgan fingerprint density at radius 3 is 2.56 bits per heavy atom. The number of hydrogen-bond acceptors (Lipinski definition) is 3. The lowest BCUT2D eigenvalue weighted by molar-refractivity contribution is 0.0642. The van der Waals surface area contributed by atoms with Gasteiger partial charge in [-0.2, -0.15) is 0 Å². The van der Waals surface area contributed by atoms with E-state index in [0.29, 0.717) is 18.0 Å². The van der Waals surface area contributed by atoms with Gasteiger partial charge in [0.2, 0.25) is 0 Å². The molecule has 1 aromatic carbocycles. The van der Waals surface area contributed by atoms with Crippen molar-refractivity contribution in [3.8, 4) is 0 Å². The maximum Gasteiger partial charge on any atom is 0.251 e. The average molecular weight is 248 g/mol. The first-order valence-corrected chi connectivity index (χ1v) is 6.44. The van der Waals surface area contributed by atoms with E-state index in [1.807, 2.05) is 24.3 Å². The predicted octanol–water partition coefficient (Wildman–Crippen LogP) is 1.30. The third-order valence-electron chi connectivity index (χ3n) is 3.34. The third-order valence-corrected chi connectivity index (χ3v) is 3.34. The summed E-state index contributed by atoms with van der Waals surface area (Å²) in [5, 5.41) is 2.98. The van der Waals surface area contributed by atoms with Crippen LogP contribution in [0.4, 0.5) is 0 Å². The Balaban J connectivity index is 1.82. The minimum Gasteiger partial charge on any atom is -0.381 e. The van der Waals surface area contributed by atoms with Crippen molar-refractivity contribution in [2.45, 2.75) is 19.4 Å². The Morgan fingerprint density at radius 1 is 1.28 bits per heavy atom. The van der Waals surface area contributed by atoms with Crippen molar-refractivity contribution in [3.05, 3.63) is 35.4 Å². The van der Waals surface area contributed by atoms with E-state index >= 15 is 0 Å². The molecule has 0 bridgehead atoms. The van der Waals surface area contributed by atoms with Crippen LogP contribution in [0.1, 0.15) is 28.8 Å². The van der Waals surface area contributed by atoms with Gasteiger partial charge in [-0.15, -0.1) is 0 Å². The number of amides is 1. The molecule has 18 heavy (non-hydrogen) atoms. The van der Waals surface area contributed by atoms with E-state index in [-0.39, 0.29) is 5.91 Å². The third kappa shape index (κ3) is 3.55. The molecule has 98 valence electrons. The topological polar surface area (TPSA) is 64.4 Å². The monoisotopic (exact) mass is 248 g/mol. The van der Waals surface area contributed by atoms with Crippen molar-refractivity contribution in [1.29, 1.82) is 0 Å². The Kier molecular flexibility index (Phi) is 4.73. The number of ether oxygens (including phenoxy) is 1. The van der Waals surface area contributed by atoms with Gasteiger partial charge in [0.1, 0.15) is 0 Å². The molecule has 0 saturated carbocycles. The maximum atomic E-state index is 11.9. The lowest BCUT2D eigenvalue weighted by Crippen LogP contribution is -2.32. The van der Waals surface area contributed by atoms with Crippen LogP contribution in [0.2, 0.25) is 0 Å². The standard InChI is InChI=1S/C14H20N2O2/c15-9-11-1-3-13(4-2-11)14(17)16-10-12-5-7-18-8-6-12/h1-4,12H,5-10,15H2,(H,16,17). The quantitative estimate of drug-likeness (QED) is 0.844. The fraction of sp³-hybridized carbons (Fsp3) is 0.500. The van der Waals surface area contributed by atoms with Crippen LogP contribution in [0.3, 0.4) is 0 Å². The molecule has 1 aliphatic rings. The molecule has 1 aliphatic heterocycles. The maximum absolute atomic E-state index is 11.9. The fourth-order valence-corrected chi connectivity index (χ4v) is 2.08. The van der Waals surface area contributed by atoms with Gasteiger partial charge >= 0.3 is 0 Å². The summed E-state index contributed by atoms with van der Waals surface area (Å²) in [5.41, 5.74) is 7.25. The number of carbonyl (C=O) groups is 1. The van der Waals surface area contributed by atoms with Gasteiger partial charge < -0.3 is 15.8 Å². The van der Waals surface area contributed by atoms with E-state index < -0.39 is 0 Å². The van der Waals surface area contributed by atoms with Crippen LogP contribution >= 0.6 is 0 Å². The van der Waals surface area contributed by atoms with Crippen molar-refractivity contribution in [3.63, 3.8) is 0 Å². The van der Waals surface area contributed by atoms with E-state index in [2.05, 4.69) is 5.32 Å². The molecule has 2 rings (SSSR count). The molecule has 4 heteroatoms. The second kappa shape index (κ2) is 6.52. The fourth-order valence-electron chi connectivity index (χ4n) is 2.08. The smallest absolute Gasteiger partial charge is 0.251 e. The molecule has 4 nitrogen and oxygen atoms in total. The van der Waals surface area contributed by atoms with Gasteiger partial charge in [-0.05, 0) is 36.5 Å². The highest BCUT2D eigenvalue weighted by Gasteiger charge is 2.15. The van der Waals surface area contributed by atoms with Crippen LogP contribution in [0.25, 0.3) is 0 Å². The van der Waals surface area contributed by atoms with E-state index in [1.165, 1.54) is 0 Å². The van der Waals surface area contributed by atoms with E-state index in [4.69, 9.17) is 10.5 Å². The van der Waals surface area contributed by atoms with E-state index in [0.717, 1.165) is 38.2 Å². The Morgan fingerprint density at radius 2 is 1.94 bits per heavy atom. The Hall–Kier alpha value is -1.39. The van der Waals surface area contributed by atoms with Crippen LogP contribution < -0.4 is 11.1 Å². The number of rotatable bonds is 4. The molecule has 1 saturated heterocycles. The zero-order valence-corrected chi connectivity index (χ0v) is 10.5. The SMILES string of the molecule is NCc1ccc(C(=O)NCC2CCOCC2)cc1. The first-order chi connectivity index (χ1) is 8.79. The second-order valence-electron chi connectivity index (χ2n) is 4.67. The highest BCUT2D eigenvalue weighted by Crippen LogP contribution is 2.13. The van der Waals surface area contributed by atoms with Crippen molar-refractivity contribution < 1.29 is 9.53 Å². The molecule has 3 N–H and O–H groups in total. The zero-order chi connectivity index (χ0) is 12.8. The molecule has 0 spiro atoms. The predicted molar refractivity (Wildman–Crippen MR) is 70.2 cm³/mol. The summed E-state index contributed by atoms with van der Waals surface area (Å²) < 4.78 is 5.29. The van der Waals surface area contributed by atoms with Gasteiger partial charge in [0, 0.05) is 31.9 Å². The lowest BCUT2D eigenvalue weighted by Gasteiger charge is -2.22. The average Bonchev–Trinajstić information content (AvgIpc) is 2.46. The summed E-state index contributed by atoms with van der Waals surface area (Å²) in [6, 6.07) is 7.43. The lowest BCUT2D eigenvalue weighted by atomic mass is 10.0. The minimum absolute atomic E-state index is 0.00920. The van der Waals surface area contributed by atoms with Crippen LogP contribution in [-0.2, 0) is 11.3 Å². The van der Waals surface area contributed by atoms with Crippen molar-refractivity contribution in [2.24, 2.45) is 11.7 Å². The van der Waals surface area contributed by atoms with Crippen LogP contribution in [-0.4, -0.2) is 25.7 Å². The highest BCUT2D eigenvalue weighted by molar-refractivity contribution is 5.94. The van der Waals surface area contributed by atoms with Gasteiger partial charge in [0.05, 0.1) is 0 Å². The minimum atomic E-state index is -0.00920. The molecule has 0 atom stereocenters. The zero-order valence-electron chi connectivity index (χ0n) is 10.5. The van der Waals surface area contributed by atoms with E-state index in [9.17, 15) is 4.79 Å². The number of nitrogens with two attached hydrogens (primary N) is 1. The molecule has 0 radical (unpaired) electrons. The van der Waals surface area contributed by atoms with Gasteiger partial charge in [-0.25, -0.2) is 0 Å². The molecular formula is C14H20N2O2. The highest BCUT2D eigenvalue weighted by atomic mass is 16.5. The molecule has 0 aromatic heterocycles. The molecule has 1 fully saturated rings. The summed E-state index contributed by atoms with van der Waals surface area (Å²) in [4.78, 5) is 11.9. The summed E-state index contributed by atoms with van der Waals surface area (Å²) in [6.07, 6.45) is 2.07. The number of carbonyl (C=O) groups excluding carboxylic acids is 1. The van der Waals surface area contributed by atoms with Gasteiger partial charge in [0.25, 0.3) is 5.91 Å². The summed E-state index contributed by atoms with van der Waals surface area (Å²) in [6.45, 7) is 2.86. The Labute approximate surface area is 108 Å². The van der Waals surface area contributed by atoms with Crippen molar-refractivity contribution in [2.75, 3.05) is 19.8 Å². The first kappa shape index (κ1) is 13.1. The van der Waals surface area contributed by atoms with Gasteiger partial charge in [-0.1, -0.05) is 12.1 Å². The van der Waals surface area contributed by atoms with Crippen LogP contribution in [0.5, 0.6) is 0 Å². The second-order valence-corrected chi connectivity index (χ2v) is 4.67. The molecule has 1 heterocycles. The van der Waals surface area contributed by atoms with Crippen LogP contribution in [0.15, 0.2) is 24.3 Å². The van der Waals surface area contributed by atoms with Crippen molar-refractivity contribution >= 4 is 5.91 Å². The normalized spacial score (nSPS) is 16.5. The molecule has 0 unspecified atom stereocenters. The first-order valence-electron chi connectivity index (χ1n) is 6.44. The van der Waals surface area contributed by atoms with E-state index in [1.54, 1.807) is 0 Å². The van der Waals surface area contributed by atoms with Gasteiger partial charge in [0.15, 0.2) is 0 Å². The van der Waals surface area contributed by atoms with Crippen molar-refractivity contribution in [1.82, 2.24) is 5.32 Å². The largest absolute Gasteiger partial charge is 0.381 e. The Bertz CT molecular complexity index is 383. The summed E-state index contributed by atoms with van der Waals surface area (Å²) in [5.74, 6) is 0.538. The number of hydrogen-bond donors (Lipinski definition) is 2. The summed E-state index contributed by atoms with van der Waals surface area (Å²) in [7, 11) is 0. The van der Waals surface area contributed by atoms with Gasteiger partial charge in [-0.3, -0.25) is 4.79 Å². The molecule has 1 amide bonds. The molecule has 0 aliphatic carbocycles. The van der Waals surface area contributed by atoms with Crippen LogP contribution in [0, 0.1) is 5.92 Å². The summed E-state index contributed by atoms with van der Waals surface area (Å²) >= 11 is 0. The molecular weight excluding hydrogens is 228 g/mol. The number of benzene rings is 1. The number of nitrogens with one attached hydrogen (secondary N) is 1. The molecule has 1 aromatic rings.